The highest BCUT2D eigenvalue weighted by Crippen LogP contribution is 2.39. The third-order valence-electron chi connectivity index (χ3n) is 6.09. The number of halogens is 3. The number of rotatable bonds is 9. The largest absolute Gasteiger partial charge is 0.511 e. The molecule has 0 bridgehead atoms. The lowest BCUT2D eigenvalue weighted by molar-refractivity contribution is -0.0492. The molecular formula is C24H27F3N4O4S. The van der Waals surface area contributed by atoms with Crippen molar-refractivity contribution in [3.05, 3.63) is 77.9 Å². The average Bonchev–Trinajstić information content (AvgIpc) is 3.31. The van der Waals surface area contributed by atoms with Gasteiger partial charge in [0.15, 0.2) is 0 Å². The van der Waals surface area contributed by atoms with Crippen molar-refractivity contribution >= 4 is 15.7 Å². The van der Waals surface area contributed by atoms with Gasteiger partial charge in [0.05, 0.1) is 25.2 Å². The number of nitrogens with one attached hydrogen (secondary N) is 1. The summed E-state index contributed by atoms with van der Waals surface area (Å²) in [5, 5.41) is 9.22. The summed E-state index contributed by atoms with van der Waals surface area (Å²) in [5.41, 5.74) is -2.86. The van der Waals surface area contributed by atoms with E-state index < -0.39 is 28.1 Å². The molecule has 194 valence electrons. The van der Waals surface area contributed by atoms with Gasteiger partial charge in [-0.1, -0.05) is 36.4 Å². The van der Waals surface area contributed by atoms with E-state index in [-0.39, 0.29) is 32.1 Å². The first-order valence-electron chi connectivity index (χ1n) is 11.4. The smallest absolute Gasteiger partial charge is 0.491 e. The molecule has 0 fully saturated rings. The van der Waals surface area contributed by atoms with Gasteiger partial charge in [-0.15, -0.1) is 0 Å². The van der Waals surface area contributed by atoms with Crippen LogP contribution in [0.25, 0.3) is 0 Å². The minimum absolute atomic E-state index is 0.0829. The molecule has 0 radical (unpaired) electrons. The number of benzene rings is 2. The van der Waals surface area contributed by atoms with E-state index in [1.54, 1.807) is 24.4 Å². The number of H-pyrrole nitrogens is 1. The maximum absolute atomic E-state index is 13.7. The van der Waals surface area contributed by atoms with Crippen molar-refractivity contribution in [3.8, 4) is 5.75 Å². The fraction of sp³-hybridized carbons (Fsp3) is 0.375. The Kier molecular flexibility index (Phi) is 7.86. The van der Waals surface area contributed by atoms with Crippen molar-refractivity contribution in [3.63, 3.8) is 0 Å². The first-order valence-corrected chi connectivity index (χ1v) is 12.8. The van der Waals surface area contributed by atoms with E-state index in [1.165, 1.54) is 6.33 Å². The standard InChI is InChI=1S/C24H27F3N4O4S/c25-24(26,27)36(33,34)30-15-20(10-9-18-5-2-1-3-6-18)31(14-19-13-28-17-29-19)22-7-4-8-23(21(22)16-30)35-12-11-32/h1-8,13,17,20,32H,9-12,14-16H2,(H,28,29). The van der Waals surface area contributed by atoms with Crippen molar-refractivity contribution in [2.45, 2.75) is 37.5 Å². The quantitative estimate of drug-likeness (QED) is 0.445. The lowest BCUT2D eigenvalue weighted by atomic mass is 10.0. The number of aliphatic hydroxyl groups excluding tert-OH is 1. The van der Waals surface area contributed by atoms with Crippen LogP contribution >= 0.6 is 0 Å². The summed E-state index contributed by atoms with van der Waals surface area (Å²) in [4.78, 5) is 8.96. The highest BCUT2D eigenvalue weighted by atomic mass is 32.2. The molecule has 36 heavy (non-hydrogen) atoms. The predicted molar refractivity (Wildman–Crippen MR) is 128 cm³/mol. The van der Waals surface area contributed by atoms with E-state index in [2.05, 4.69) is 9.97 Å². The number of fused-ring (bicyclic) bond motifs is 1. The Labute approximate surface area is 207 Å². The predicted octanol–water partition coefficient (Wildman–Crippen LogP) is 3.45. The first kappa shape index (κ1) is 26.0. The maximum atomic E-state index is 13.7. The van der Waals surface area contributed by atoms with Crippen molar-refractivity contribution in [1.82, 2.24) is 14.3 Å². The number of sulfonamides is 1. The van der Waals surface area contributed by atoms with Gasteiger partial charge in [0, 0.05) is 36.6 Å². The van der Waals surface area contributed by atoms with Crippen molar-refractivity contribution < 1.29 is 31.4 Å². The van der Waals surface area contributed by atoms with Crippen molar-refractivity contribution in [1.29, 1.82) is 0 Å². The Balaban J connectivity index is 1.80. The number of imidazole rings is 1. The molecule has 2 N–H and O–H groups in total. The van der Waals surface area contributed by atoms with Gasteiger partial charge in [0.2, 0.25) is 0 Å². The minimum Gasteiger partial charge on any atom is -0.491 e. The van der Waals surface area contributed by atoms with Crippen LogP contribution in [0, 0.1) is 0 Å². The van der Waals surface area contributed by atoms with Crippen LogP contribution in [0.3, 0.4) is 0 Å². The van der Waals surface area contributed by atoms with Gasteiger partial charge in [0.25, 0.3) is 0 Å². The molecule has 0 saturated heterocycles. The topological polar surface area (TPSA) is 98.8 Å². The molecule has 1 aliphatic rings. The van der Waals surface area contributed by atoms with E-state index in [0.29, 0.717) is 28.4 Å². The number of aromatic amines is 1. The van der Waals surface area contributed by atoms with E-state index in [9.17, 15) is 26.7 Å². The number of ether oxygens (including phenoxy) is 1. The van der Waals surface area contributed by atoms with Crippen LogP contribution in [0.5, 0.6) is 5.75 Å². The molecule has 3 aromatic rings. The average molecular weight is 525 g/mol. The van der Waals surface area contributed by atoms with E-state index in [4.69, 9.17) is 4.74 Å². The lowest BCUT2D eigenvalue weighted by Crippen LogP contribution is -2.47. The Bertz CT molecular complexity index is 1240. The molecule has 2 heterocycles. The number of aliphatic hydroxyl groups is 1. The zero-order chi connectivity index (χ0) is 25.8. The zero-order valence-electron chi connectivity index (χ0n) is 19.4. The molecular weight excluding hydrogens is 497 g/mol. The molecule has 1 aliphatic heterocycles. The summed E-state index contributed by atoms with van der Waals surface area (Å²) >= 11 is 0. The van der Waals surface area contributed by atoms with E-state index in [0.717, 1.165) is 11.3 Å². The number of hydrogen-bond acceptors (Lipinski definition) is 6. The molecule has 0 spiro atoms. The summed E-state index contributed by atoms with van der Waals surface area (Å²) < 4.78 is 72.4. The van der Waals surface area contributed by atoms with Gasteiger partial charge >= 0.3 is 15.5 Å². The Hall–Kier alpha value is -3.09. The molecule has 0 amide bonds. The number of aromatic nitrogens is 2. The molecule has 1 atom stereocenters. The lowest BCUT2D eigenvalue weighted by Gasteiger charge is -2.34. The summed E-state index contributed by atoms with van der Waals surface area (Å²) in [6.45, 7) is -0.987. The summed E-state index contributed by atoms with van der Waals surface area (Å²) in [5.74, 6) is 0.224. The van der Waals surface area contributed by atoms with Gasteiger partial charge in [-0.3, -0.25) is 0 Å². The molecule has 0 saturated carbocycles. The van der Waals surface area contributed by atoms with E-state index in [1.807, 2.05) is 35.2 Å². The highest BCUT2D eigenvalue weighted by Gasteiger charge is 2.51. The summed E-state index contributed by atoms with van der Waals surface area (Å²) in [6, 6.07) is 13.9. The summed E-state index contributed by atoms with van der Waals surface area (Å²) in [6.07, 6.45) is 4.08. The van der Waals surface area contributed by atoms with Gasteiger partial charge in [-0.05, 0) is 30.5 Å². The second kappa shape index (κ2) is 10.9. The molecule has 1 aromatic heterocycles. The number of aryl methyl sites for hydroxylation is 1. The SMILES string of the molecule is O=S(=O)(N1Cc2c(OCCO)cccc2N(Cc2cnc[nH]2)C(CCc2ccccc2)C1)C(F)(F)F. The van der Waals surface area contributed by atoms with Crippen LogP contribution in [-0.2, 0) is 29.5 Å². The Morgan fingerprint density at radius 1 is 1.14 bits per heavy atom. The second-order valence-electron chi connectivity index (χ2n) is 8.45. The van der Waals surface area contributed by atoms with E-state index >= 15 is 0 Å². The number of nitrogens with zero attached hydrogens (tertiary/aromatic N) is 3. The Morgan fingerprint density at radius 3 is 2.58 bits per heavy atom. The van der Waals surface area contributed by atoms with Crippen LogP contribution < -0.4 is 9.64 Å². The van der Waals surface area contributed by atoms with Crippen LogP contribution in [-0.4, -0.2) is 59.1 Å². The molecule has 12 heteroatoms. The number of alkyl halides is 3. The third-order valence-corrected chi connectivity index (χ3v) is 7.64. The molecule has 4 rings (SSSR count). The van der Waals surface area contributed by atoms with Gasteiger partial charge < -0.3 is 19.7 Å². The summed E-state index contributed by atoms with van der Waals surface area (Å²) in [7, 11) is -5.62. The molecule has 2 aromatic carbocycles. The van der Waals surface area contributed by atoms with Crippen molar-refractivity contribution in [2.24, 2.45) is 0 Å². The first-order chi connectivity index (χ1) is 17.2. The number of hydrogen-bond donors (Lipinski definition) is 2. The van der Waals surface area contributed by atoms with Gasteiger partial charge in [-0.2, -0.15) is 17.5 Å². The maximum Gasteiger partial charge on any atom is 0.511 e. The second-order valence-corrected chi connectivity index (χ2v) is 10.4. The van der Waals surface area contributed by atoms with Crippen LogP contribution in [0.1, 0.15) is 23.2 Å². The van der Waals surface area contributed by atoms with Gasteiger partial charge in [0.1, 0.15) is 12.4 Å². The number of anilines is 1. The van der Waals surface area contributed by atoms with Crippen LogP contribution in [0.4, 0.5) is 18.9 Å². The molecule has 8 nitrogen and oxygen atoms in total. The Morgan fingerprint density at radius 2 is 1.92 bits per heavy atom. The fourth-order valence-electron chi connectivity index (χ4n) is 4.37. The van der Waals surface area contributed by atoms with Gasteiger partial charge in [-0.25, -0.2) is 13.4 Å². The fourth-order valence-corrected chi connectivity index (χ4v) is 5.33. The minimum atomic E-state index is -5.62. The highest BCUT2D eigenvalue weighted by molar-refractivity contribution is 7.89. The monoisotopic (exact) mass is 524 g/mol. The van der Waals surface area contributed by atoms with Crippen LogP contribution in [0.15, 0.2) is 61.1 Å². The molecule has 0 aliphatic carbocycles. The van der Waals surface area contributed by atoms with Crippen molar-refractivity contribution in [2.75, 3.05) is 24.7 Å². The molecule has 1 unspecified atom stereocenters. The zero-order valence-corrected chi connectivity index (χ0v) is 20.2. The normalized spacial score (nSPS) is 17.0. The third kappa shape index (κ3) is 5.66. The van der Waals surface area contributed by atoms with Crippen LogP contribution in [0.2, 0.25) is 0 Å².